The van der Waals surface area contributed by atoms with E-state index < -0.39 is 0 Å². The molecule has 0 fully saturated rings. The molecular weight excluding hydrogens is 176 g/mol. The van der Waals surface area contributed by atoms with E-state index in [1.54, 1.807) is 12.3 Å². The zero-order valence-electron chi connectivity index (χ0n) is 8.70. The van der Waals surface area contributed by atoms with Gasteiger partial charge in [-0.25, -0.2) is 4.98 Å². The van der Waals surface area contributed by atoms with E-state index in [-0.39, 0.29) is 0 Å². The lowest BCUT2D eigenvalue weighted by Crippen LogP contribution is -1.98. The molecule has 0 bridgehead atoms. The molecule has 0 aliphatic carbocycles. The first-order chi connectivity index (χ1) is 6.83. The Bertz CT molecular complexity index is 246. The molecule has 0 radical (unpaired) electrons. The Labute approximate surface area is 85.3 Å². The summed E-state index contributed by atoms with van der Waals surface area (Å²) in [6.07, 6.45) is 6.54. The van der Waals surface area contributed by atoms with Crippen LogP contribution in [0.1, 0.15) is 32.6 Å². The second-order valence-electron chi connectivity index (χ2n) is 3.33. The van der Waals surface area contributed by atoms with Crippen LogP contribution in [0.4, 0.5) is 5.82 Å². The second kappa shape index (κ2) is 6.24. The third kappa shape index (κ3) is 4.12. The van der Waals surface area contributed by atoms with Crippen LogP contribution in [-0.4, -0.2) is 11.6 Å². The van der Waals surface area contributed by atoms with Crippen LogP contribution in [0.5, 0.6) is 5.75 Å². The Morgan fingerprint density at radius 2 is 2.14 bits per heavy atom. The smallest absolute Gasteiger partial charge is 0.137 e. The predicted molar refractivity (Wildman–Crippen MR) is 58.3 cm³/mol. The molecule has 1 aromatic rings. The molecule has 0 amide bonds. The van der Waals surface area contributed by atoms with Crippen molar-refractivity contribution >= 4 is 5.82 Å². The molecule has 3 nitrogen and oxygen atoms in total. The minimum absolute atomic E-state index is 0.531. The summed E-state index contributed by atoms with van der Waals surface area (Å²) in [6.45, 7) is 2.97. The number of anilines is 1. The van der Waals surface area contributed by atoms with Crippen molar-refractivity contribution in [1.82, 2.24) is 4.98 Å². The van der Waals surface area contributed by atoms with Gasteiger partial charge in [0.15, 0.2) is 0 Å². The van der Waals surface area contributed by atoms with E-state index in [1.165, 1.54) is 19.3 Å². The molecule has 0 aliphatic rings. The van der Waals surface area contributed by atoms with E-state index in [2.05, 4.69) is 11.9 Å². The molecule has 1 rings (SSSR count). The van der Waals surface area contributed by atoms with Crippen LogP contribution in [0, 0.1) is 0 Å². The van der Waals surface area contributed by atoms with Crippen LogP contribution in [0.25, 0.3) is 0 Å². The maximum absolute atomic E-state index is 5.49. The molecule has 2 N–H and O–H groups in total. The standard InChI is InChI=1S/C11H18N2O/c1-2-3-4-5-8-14-10-6-7-11(12)13-9-10/h6-7,9H,2-5,8H2,1H3,(H2,12,13). The number of rotatable bonds is 6. The van der Waals surface area contributed by atoms with Gasteiger partial charge in [0.05, 0.1) is 12.8 Å². The summed E-state index contributed by atoms with van der Waals surface area (Å²) in [7, 11) is 0. The molecule has 0 spiro atoms. The van der Waals surface area contributed by atoms with Crippen molar-refractivity contribution in [2.45, 2.75) is 32.6 Å². The minimum atomic E-state index is 0.531. The van der Waals surface area contributed by atoms with Crippen molar-refractivity contribution in [2.75, 3.05) is 12.3 Å². The van der Waals surface area contributed by atoms with Crippen molar-refractivity contribution in [1.29, 1.82) is 0 Å². The number of nitrogens with two attached hydrogens (primary N) is 1. The summed E-state index contributed by atoms with van der Waals surface area (Å²) < 4.78 is 5.49. The number of unbranched alkanes of at least 4 members (excludes halogenated alkanes) is 3. The Kier molecular flexibility index (Phi) is 4.83. The fourth-order valence-electron chi connectivity index (χ4n) is 1.20. The van der Waals surface area contributed by atoms with E-state index in [9.17, 15) is 0 Å². The third-order valence-corrected chi connectivity index (χ3v) is 2.03. The minimum Gasteiger partial charge on any atom is -0.492 e. The number of ether oxygens (including phenoxy) is 1. The van der Waals surface area contributed by atoms with Crippen LogP contribution in [0.2, 0.25) is 0 Å². The van der Waals surface area contributed by atoms with Gasteiger partial charge in [-0.2, -0.15) is 0 Å². The molecule has 0 aromatic carbocycles. The molecule has 1 heterocycles. The van der Waals surface area contributed by atoms with Gasteiger partial charge in [0.1, 0.15) is 11.6 Å². The van der Waals surface area contributed by atoms with Crippen molar-refractivity contribution in [3.05, 3.63) is 18.3 Å². The topological polar surface area (TPSA) is 48.1 Å². The molecule has 14 heavy (non-hydrogen) atoms. The largest absolute Gasteiger partial charge is 0.492 e. The van der Waals surface area contributed by atoms with Crippen LogP contribution < -0.4 is 10.5 Å². The Morgan fingerprint density at radius 1 is 1.29 bits per heavy atom. The fraction of sp³-hybridized carbons (Fsp3) is 0.545. The lowest BCUT2D eigenvalue weighted by molar-refractivity contribution is 0.304. The lowest BCUT2D eigenvalue weighted by Gasteiger charge is -2.04. The average Bonchev–Trinajstić information content (AvgIpc) is 2.21. The normalized spacial score (nSPS) is 10.1. The van der Waals surface area contributed by atoms with Gasteiger partial charge in [-0.3, -0.25) is 0 Å². The second-order valence-corrected chi connectivity index (χ2v) is 3.33. The average molecular weight is 194 g/mol. The maximum Gasteiger partial charge on any atom is 0.137 e. The molecule has 1 aromatic heterocycles. The number of hydrogen-bond acceptors (Lipinski definition) is 3. The molecule has 0 aliphatic heterocycles. The van der Waals surface area contributed by atoms with Crippen molar-refractivity contribution in [2.24, 2.45) is 0 Å². The highest BCUT2D eigenvalue weighted by atomic mass is 16.5. The summed E-state index contributed by atoms with van der Waals surface area (Å²) in [5.41, 5.74) is 5.45. The highest BCUT2D eigenvalue weighted by molar-refractivity contribution is 5.31. The summed E-state index contributed by atoms with van der Waals surface area (Å²) >= 11 is 0. The van der Waals surface area contributed by atoms with Gasteiger partial charge in [0, 0.05) is 0 Å². The molecule has 0 saturated heterocycles. The molecule has 78 valence electrons. The summed E-state index contributed by atoms with van der Waals surface area (Å²) in [6, 6.07) is 3.60. The van der Waals surface area contributed by atoms with E-state index in [4.69, 9.17) is 10.5 Å². The van der Waals surface area contributed by atoms with Crippen LogP contribution in [-0.2, 0) is 0 Å². The van der Waals surface area contributed by atoms with E-state index in [0.717, 1.165) is 18.8 Å². The van der Waals surface area contributed by atoms with Crippen LogP contribution in [0.15, 0.2) is 18.3 Å². The van der Waals surface area contributed by atoms with Crippen LogP contribution in [0.3, 0.4) is 0 Å². The first kappa shape index (κ1) is 10.8. The number of nitrogen functional groups attached to an aromatic ring is 1. The number of hydrogen-bond donors (Lipinski definition) is 1. The molecule has 0 saturated carbocycles. The molecular formula is C11H18N2O. The quantitative estimate of drug-likeness (QED) is 0.708. The fourth-order valence-corrected chi connectivity index (χ4v) is 1.20. The number of aromatic nitrogens is 1. The number of pyridine rings is 1. The summed E-state index contributed by atoms with van der Waals surface area (Å²) in [5, 5.41) is 0. The summed E-state index contributed by atoms with van der Waals surface area (Å²) in [4.78, 5) is 3.95. The Balaban J connectivity index is 2.15. The maximum atomic E-state index is 5.49. The molecule has 0 atom stereocenters. The highest BCUT2D eigenvalue weighted by Crippen LogP contribution is 2.10. The number of nitrogens with zero attached hydrogens (tertiary/aromatic N) is 1. The van der Waals surface area contributed by atoms with Crippen molar-refractivity contribution < 1.29 is 4.74 Å². The van der Waals surface area contributed by atoms with Crippen molar-refractivity contribution in [3.63, 3.8) is 0 Å². The van der Waals surface area contributed by atoms with Gasteiger partial charge >= 0.3 is 0 Å². The van der Waals surface area contributed by atoms with Gasteiger partial charge in [-0.15, -0.1) is 0 Å². The monoisotopic (exact) mass is 194 g/mol. The first-order valence-electron chi connectivity index (χ1n) is 5.17. The van der Waals surface area contributed by atoms with Crippen molar-refractivity contribution in [3.8, 4) is 5.75 Å². The lowest BCUT2D eigenvalue weighted by atomic mass is 10.2. The molecule has 3 heteroatoms. The Morgan fingerprint density at radius 3 is 2.79 bits per heavy atom. The van der Waals surface area contributed by atoms with Gasteiger partial charge in [0.2, 0.25) is 0 Å². The first-order valence-corrected chi connectivity index (χ1v) is 5.17. The third-order valence-electron chi connectivity index (χ3n) is 2.03. The predicted octanol–water partition coefficient (Wildman–Crippen LogP) is 2.62. The summed E-state index contributed by atoms with van der Waals surface area (Å²) in [5.74, 6) is 1.33. The zero-order chi connectivity index (χ0) is 10.2. The SMILES string of the molecule is CCCCCCOc1ccc(N)nc1. The van der Waals surface area contributed by atoms with Gasteiger partial charge in [-0.1, -0.05) is 26.2 Å². The van der Waals surface area contributed by atoms with E-state index in [1.807, 2.05) is 6.07 Å². The van der Waals surface area contributed by atoms with Gasteiger partial charge in [-0.05, 0) is 18.6 Å². The van der Waals surface area contributed by atoms with Gasteiger partial charge in [0.25, 0.3) is 0 Å². The van der Waals surface area contributed by atoms with Gasteiger partial charge < -0.3 is 10.5 Å². The Hall–Kier alpha value is -1.25. The van der Waals surface area contributed by atoms with E-state index >= 15 is 0 Å². The van der Waals surface area contributed by atoms with E-state index in [0.29, 0.717) is 5.82 Å². The zero-order valence-corrected chi connectivity index (χ0v) is 8.70. The highest BCUT2D eigenvalue weighted by Gasteiger charge is 1.93. The molecule has 0 unspecified atom stereocenters. The van der Waals surface area contributed by atoms with Crippen LogP contribution >= 0.6 is 0 Å².